The molecule has 1 unspecified atom stereocenters. The lowest BCUT2D eigenvalue weighted by Crippen LogP contribution is -2.46. The number of rotatable bonds is 3. The van der Waals surface area contributed by atoms with Crippen LogP contribution in [0.4, 0.5) is 5.69 Å². The molecule has 0 amide bonds. The van der Waals surface area contributed by atoms with Gasteiger partial charge in [-0.3, -0.25) is 19.7 Å². The molecule has 1 aliphatic carbocycles. The van der Waals surface area contributed by atoms with Crippen LogP contribution >= 0.6 is 11.8 Å². The van der Waals surface area contributed by atoms with Crippen LogP contribution in [0, 0.1) is 10.1 Å². The third-order valence-electron chi connectivity index (χ3n) is 4.98. The Morgan fingerprint density at radius 1 is 1.44 bits per heavy atom. The Balaban J connectivity index is 1.92. The second kappa shape index (κ2) is 6.61. The van der Waals surface area contributed by atoms with Crippen LogP contribution in [0.5, 0.6) is 0 Å². The predicted octanol–water partition coefficient (Wildman–Crippen LogP) is 2.60. The Morgan fingerprint density at radius 2 is 2.19 bits per heavy atom. The molecule has 1 N–H and O–H groups in total. The van der Waals surface area contributed by atoms with Gasteiger partial charge in [-0.05, 0) is 30.7 Å². The fourth-order valence-electron chi connectivity index (χ4n) is 3.67. The number of nitro groups is 1. The minimum atomic E-state index is -2.26. The van der Waals surface area contributed by atoms with Crippen molar-refractivity contribution < 1.29 is 19.6 Å². The molecule has 0 spiro atoms. The number of ether oxygens (including phenoxy) is 1. The average Bonchev–Trinajstić information content (AvgIpc) is 3.17. The van der Waals surface area contributed by atoms with E-state index in [2.05, 4.69) is 9.98 Å². The van der Waals surface area contributed by atoms with Gasteiger partial charge in [-0.15, -0.1) is 0 Å². The van der Waals surface area contributed by atoms with Crippen molar-refractivity contribution in [2.24, 2.45) is 4.99 Å². The largest absolute Gasteiger partial charge is 0.465 e. The highest BCUT2D eigenvalue weighted by atomic mass is 32.2. The summed E-state index contributed by atoms with van der Waals surface area (Å²) in [5.41, 5.74) is -2.10. The number of benzene rings is 1. The van der Waals surface area contributed by atoms with Gasteiger partial charge >= 0.3 is 5.97 Å². The van der Waals surface area contributed by atoms with Crippen LogP contribution in [0.25, 0.3) is 11.0 Å². The number of carbonyl (C=O) groups excluding carboxylic acids is 1. The highest BCUT2D eigenvalue weighted by molar-refractivity contribution is 8.14. The molecule has 142 valence electrons. The van der Waals surface area contributed by atoms with Gasteiger partial charge in [-0.1, -0.05) is 25.3 Å². The molecule has 2 aromatic rings. The predicted molar refractivity (Wildman–Crippen MR) is 98.8 cm³/mol. The van der Waals surface area contributed by atoms with Crippen LogP contribution in [-0.2, 0) is 15.3 Å². The second-order valence-electron chi connectivity index (χ2n) is 6.62. The van der Waals surface area contributed by atoms with Crippen LogP contribution in [0.1, 0.15) is 32.1 Å². The SMILES string of the molecule is COC(=O)C1(O)C(=NC2CCCCC2)Sc2nc3cccc([N+](=O)[O-])c3n21. The van der Waals surface area contributed by atoms with E-state index in [4.69, 9.17) is 4.74 Å². The maximum absolute atomic E-state index is 12.6. The summed E-state index contributed by atoms with van der Waals surface area (Å²) in [5, 5.41) is 23.3. The van der Waals surface area contributed by atoms with Crippen molar-refractivity contribution in [2.45, 2.75) is 49.0 Å². The molecule has 1 saturated carbocycles. The molecule has 1 atom stereocenters. The van der Waals surface area contributed by atoms with E-state index in [1.165, 1.54) is 16.7 Å². The van der Waals surface area contributed by atoms with Crippen molar-refractivity contribution in [1.29, 1.82) is 0 Å². The smallest absolute Gasteiger partial charge is 0.367 e. The van der Waals surface area contributed by atoms with E-state index < -0.39 is 16.6 Å². The van der Waals surface area contributed by atoms with E-state index in [9.17, 15) is 20.0 Å². The Bertz CT molecular complexity index is 966. The van der Waals surface area contributed by atoms with Crippen molar-refractivity contribution in [1.82, 2.24) is 9.55 Å². The van der Waals surface area contributed by atoms with Gasteiger partial charge in [0.2, 0.25) is 0 Å². The quantitative estimate of drug-likeness (QED) is 0.486. The maximum atomic E-state index is 12.6. The van der Waals surface area contributed by atoms with Crippen molar-refractivity contribution >= 4 is 39.5 Å². The number of fused-ring (bicyclic) bond motifs is 3. The number of carbonyl (C=O) groups is 1. The molecule has 1 aromatic heterocycles. The van der Waals surface area contributed by atoms with Gasteiger partial charge in [0.25, 0.3) is 11.4 Å². The Kier molecular flexibility index (Phi) is 4.39. The fourth-order valence-corrected chi connectivity index (χ4v) is 4.82. The summed E-state index contributed by atoms with van der Waals surface area (Å²) in [6, 6.07) is 4.44. The zero-order chi connectivity index (χ0) is 19.2. The van der Waals surface area contributed by atoms with E-state index >= 15 is 0 Å². The number of esters is 1. The monoisotopic (exact) mass is 390 g/mol. The standard InChI is InChI=1S/C17H18N4O5S/c1-26-15(22)17(23)14(18-10-6-3-2-4-7-10)27-16-19-11-8-5-9-12(21(24)25)13(11)20(16)17/h5,8-10,23H,2-4,6-7H2,1H3. The molecule has 2 heterocycles. The molecule has 0 radical (unpaired) electrons. The first kappa shape index (κ1) is 17.9. The number of nitro benzene ring substituents is 1. The Hall–Kier alpha value is -2.46. The fraction of sp³-hybridized carbons (Fsp3) is 0.471. The number of methoxy groups -OCH3 is 1. The number of para-hydroxylation sites is 1. The first-order chi connectivity index (χ1) is 13.0. The molecule has 10 heteroatoms. The van der Waals surface area contributed by atoms with Gasteiger partial charge in [-0.2, -0.15) is 0 Å². The van der Waals surface area contributed by atoms with Crippen molar-refractivity contribution in [2.75, 3.05) is 7.11 Å². The second-order valence-corrected chi connectivity index (χ2v) is 7.58. The normalized spacial score (nSPS) is 24.3. The zero-order valence-electron chi connectivity index (χ0n) is 14.6. The first-order valence-electron chi connectivity index (χ1n) is 8.70. The van der Waals surface area contributed by atoms with Crippen LogP contribution in [0.3, 0.4) is 0 Å². The van der Waals surface area contributed by atoms with Crippen molar-refractivity contribution in [3.63, 3.8) is 0 Å². The summed E-state index contributed by atoms with van der Waals surface area (Å²) in [5.74, 6) is -0.944. The summed E-state index contributed by atoms with van der Waals surface area (Å²) >= 11 is 1.06. The molecule has 1 fully saturated rings. The van der Waals surface area contributed by atoms with Gasteiger partial charge in [0.15, 0.2) is 10.7 Å². The number of aliphatic hydroxyl groups is 1. The van der Waals surface area contributed by atoms with E-state index in [1.807, 2.05) is 0 Å². The summed E-state index contributed by atoms with van der Waals surface area (Å²) < 4.78 is 6.01. The number of thioether (sulfide) groups is 1. The molecule has 27 heavy (non-hydrogen) atoms. The van der Waals surface area contributed by atoms with Crippen molar-refractivity contribution in [3.8, 4) is 0 Å². The minimum absolute atomic E-state index is 0.00304. The number of aliphatic imine (C=N–C) groups is 1. The number of hydrogen-bond donors (Lipinski definition) is 1. The highest BCUT2D eigenvalue weighted by Gasteiger charge is 2.54. The third kappa shape index (κ3) is 2.71. The molecule has 1 aliphatic heterocycles. The Labute approximate surface area is 158 Å². The summed E-state index contributed by atoms with van der Waals surface area (Å²) in [6.45, 7) is 0. The third-order valence-corrected chi connectivity index (χ3v) is 6.02. The zero-order valence-corrected chi connectivity index (χ0v) is 15.4. The molecular formula is C17H18N4O5S. The summed E-state index contributed by atoms with van der Waals surface area (Å²) in [4.78, 5) is 32.5. The lowest BCUT2D eigenvalue weighted by atomic mass is 9.96. The maximum Gasteiger partial charge on any atom is 0.367 e. The minimum Gasteiger partial charge on any atom is -0.465 e. The molecule has 0 saturated heterocycles. The van der Waals surface area contributed by atoms with Gasteiger partial charge < -0.3 is 9.84 Å². The first-order valence-corrected chi connectivity index (χ1v) is 9.51. The molecule has 9 nitrogen and oxygen atoms in total. The lowest BCUT2D eigenvalue weighted by molar-refractivity contribution is -0.383. The lowest BCUT2D eigenvalue weighted by Gasteiger charge is -2.25. The van der Waals surface area contributed by atoms with Gasteiger partial charge in [0, 0.05) is 6.07 Å². The number of imidazole rings is 1. The number of aromatic nitrogens is 2. The molecule has 0 bridgehead atoms. The van der Waals surface area contributed by atoms with Crippen molar-refractivity contribution in [3.05, 3.63) is 28.3 Å². The van der Waals surface area contributed by atoms with E-state index in [1.54, 1.807) is 6.07 Å². The molecule has 2 aliphatic rings. The summed E-state index contributed by atoms with van der Waals surface area (Å²) in [6.07, 6.45) is 4.99. The number of nitrogens with zero attached hydrogens (tertiary/aromatic N) is 4. The average molecular weight is 390 g/mol. The van der Waals surface area contributed by atoms with Crippen LogP contribution in [0.2, 0.25) is 0 Å². The van der Waals surface area contributed by atoms with Gasteiger partial charge in [-0.25, -0.2) is 9.78 Å². The Morgan fingerprint density at radius 3 is 2.85 bits per heavy atom. The summed E-state index contributed by atoms with van der Waals surface area (Å²) in [7, 11) is 1.16. The van der Waals surface area contributed by atoms with Crippen LogP contribution in [0.15, 0.2) is 28.3 Å². The topological polar surface area (TPSA) is 120 Å². The highest BCUT2D eigenvalue weighted by Crippen LogP contribution is 2.45. The molecule has 1 aromatic carbocycles. The van der Waals surface area contributed by atoms with Gasteiger partial charge in [0.1, 0.15) is 5.04 Å². The number of hydrogen-bond acceptors (Lipinski definition) is 8. The number of non-ortho nitro benzene ring substituents is 1. The van der Waals surface area contributed by atoms with Gasteiger partial charge in [0.05, 0.1) is 23.6 Å². The van der Waals surface area contributed by atoms with E-state index in [0.717, 1.165) is 51.0 Å². The molecular weight excluding hydrogens is 372 g/mol. The van der Waals surface area contributed by atoms with E-state index in [-0.39, 0.29) is 27.4 Å². The van der Waals surface area contributed by atoms with Crippen LogP contribution in [-0.4, -0.2) is 43.7 Å². The van der Waals surface area contributed by atoms with Crippen LogP contribution < -0.4 is 0 Å². The van der Waals surface area contributed by atoms with E-state index in [0.29, 0.717) is 5.52 Å². The molecule has 4 rings (SSSR count).